The molecule has 0 bridgehead atoms. The Kier molecular flexibility index (Phi) is 12.3. The van der Waals surface area contributed by atoms with E-state index in [1.54, 1.807) is 0 Å². The number of fused-ring (bicyclic) bond motifs is 2. The Labute approximate surface area is 294 Å². The van der Waals surface area contributed by atoms with Crippen LogP contribution in [0, 0.1) is 0 Å². The molecule has 11 atom stereocenters. The normalized spacial score (nSPS) is 29.3. The number of aliphatic hydroxyl groups excluding tert-OH is 4. The topological polar surface area (TPSA) is 480 Å². The van der Waals surface area contributed by atoms with E-state index in [4.69, 9.17) is 20.9 Å². The zero-order chi connectivity index (χ0) is 37.2. The van der Waals surface area contributed by atoms with E-state index in [1.165, 1.54) is 17.9 Å². The molecule has 6 rings (SSSR count). The van der Waals surface area contributed by atoms with Crippen LogP contribution in [0.5, 0.6) is 0 Å². The molecule has 0 aliphatic carbocycles. The maximum absolute atomic E-state index is 12.3. The molecule has 0 amide bonds. The van der Waals surface area contributed by atoms with Crippen molar-refractivity contribution < 1.29 is 80.5 Å². The molecule has 2 aliphatic rings. The molecule has 17 N–H and O–H groups in total. The summed E-state index contributed by atoms with van der Waals surface area (Å²) in [5, 5.41) is 41.9. The zero-order valence-electron chi connectivity index (χ0n) is 27.5. The van der Waals surface area contributed by atoms with Gasteiger partial charge < -0.3 is 77.4 Å². The van der Waals surface area contributed by atoms with Crippen LogP contribution in [0.25, 0.3) is 22.3 Å². The monoisotopic (exact) mass is 820 g/mol. The lowest BCUT2D eigenvalue weighted by atomic mass is 10.1. The molecule has 0 radical (unpaired) electrons. The number of anilines is 2. The number of nitrogens with two attached hydrogens (primary N) is 2. The smallest absolute Gasteiger partial charge is 0.313 e. The van der Waals surface area contributed by atoms with Crippen molar-refractivity contribution in [2.45, 2.75) is 49.1 Å². The first-order chi connectivity index (χ1) is 23.8. The zero-order valence-corrected chi connectivity index (χ0v) is 30.2. The number of rotatable bonds is 12. The molecular weight excluding hydrogens is 785 g/mol. The van der Waals surface area contributed by atoms with Crippen molar-refractivity contribution in [3.8, 4) is 0 Å². The van der Waals surface area contributed by atoms with Crippen molar-refractivity contribution >= 4 is 57.6 Å². The maximum Gasteiger partial charge on any atom is 0.313 e. The summed E-state index contributed by atoms with van der Waals surface area (Å²) in [7, 11) is -16.9. The van der Waals surface area contributed by atoms with Crippen molar-refractivity contribution in [2.75, 3.05) is 24.7 Å². The number of nitrogen functional groups attached to an aromatic ring is 2. The van der Waals surface area contributed by atoms with Gasteiger partial charge in [0.1, 0.15) is 48.5 Å². The van der Waals surface area contributed by atoms with Crippen LogP contribution in [-0.4, -0.2) is 104 Å². The molecule has 0 spiro atoms. The number of hydrogen-bond acceptors (Lipinski definition) is 23. The van der Waals surface area contributed by atoms with Gasteiger partial charge in [0.05, 0.1) is 26.6 Å². The summed E-state index contributed by atoms with van der Waals surface area (Å²) >= 11 is 0. The summed E-state index contributed by atoms with van der Waals surface area (Å²) in [6, 6.07) is 0. The van der Waals surface area contributed by atoms with Gasteiger partial charge in [-0.15, -0.1) is 0 Å². The molecule has 2 saturated heterocycles. The highest BCUT2D eigenvalue weighted by atomic mass is 31.3. The molecule has 32 heteroatoms. The SMILES string of the molecule is Cn1c[n+]([C@@H]2O[C@H](COP(=O)([O-])OP(=O)([O-])OP(=O)([O-])OC[C@H]3O[C@@H](n4cnc5c(N)ncnc54)[C@@H](O)C3O)[C@H](O)C2O)c2nc(N)[nH]c(=O)c21.[NH4+].[NH4+]. The van der Waals surface area contributed by atoms with Gasteiger partial charge >= 0.3 is 5.65 Å². The Morgan fingerprint density at radius 3 is 2.11 bits per heavy atom. The summed E-state index contributed by atoms with van der Waals surface area (Å²) in [5.74, 6) is -0.300. The Morgan fingerprint density at radius 1 is 0.906 bits per heavy atom. The number of H-pyrrole nitrogens is 1. The quantitative estimate of drug-likeness (QED) is 0.0477. The molecule has 4 aromatic heterocycles. The number of aromatic nitrogens is 8. The van der Waals surface area contributed by atoms with E-state index in [9.17, 15) is 53.6 Å². The second-order valence-corrected chi connectivity index (χ2v) is 15.5. The molecule has 5 unspecified atom stereocenters. The fourth-order valence-electron chi connectivity index (χ4n) is 5.34. The molecule has 6 heterocycles. The number of aliphatic hydroxyl groups is 4. The number of aromatic amines is 1. The third kappa shape index (κ3) is 8.47. The van der Waals surface area contributed by atoms with Crippen molar-refractivity contribution in [3.63, 3.8) is 0 Å². The number of ether oxygens (including phenoxy) is 2. The summed E-state index contributed by atoms with van der Waals surface area (Å²) < 4.78 is 67.8. The molecular formula is C21H35N12O17P3. The van der Waals surface area contributed by atoms with Crippen molar-refractivity contribution in [2.24, 2.45) is 7.05 Å². The lowest BCUT2D eigenvalue weighted by Crippen LogP contribution is -2.46. The van der Waals surface area contributed by atoms with Gasteiger partial charge in [-0.3, -0.25) is 32.6 Å². The Balaban J connectivity index is 0.00000314. The second-order valence-electron chi connectivity index (χ2n) is 11.0. The molecule has 0 aromatic carbocycles. The van der Waals surface area contributed by atoms with Crippen LogP contribution in [0.4, 0.5) is 11.8 Å². The van der Waals surface area contributed by atoms with E-state index in [0.29, 0.717) is 0 Å². The van der Waals surface area contributed by atoms with Gasteiger partial charge in [-0.25, -0.2) is 28.1 Å². The van der Waals surface area contributed by atoms with Gasteiger partial charge in [-0.2, -0.15) is 0 Å². The van der Waals surface area contributed by atoms with E-state index < -0.39 is 91.3 Å². The number of nitrogens with one attached hydrogen (secondary N) is 1. The maximum atomic E-state index is 12.3. The third-order valence-corrected chi connectivity index (χ3v) is 11.7. The molecule has 2 aliphatic heterocycles. The third-order valence-electron chi connectivity index (χ3n) is 7.59. The van der Waals surface area contributed by atoms with E-state index >= 15 is 0 Å². The predicted octanol–water partition coefficient (Wildman–Crippen LogP) is -4.98. The molecule has 2 fully saturated rings. The van der Waals surface area contributed by atoms with E-state index in [0.717, 1.165) is 21.8 Å². The van der Waals surface area contributed by atoms with Crippen molar-refractivity contribution in [1.29, 1.82) is 0 Å². The lowest BCUT2D eigenvalue weighted by molar-refractivity contribution is -0.745. The van der Waals surface area contributed by atoms with Gasteiger partial charge in [0, 0.05) is 0 Å². The fraction of sp³-hybridized carbons (Fsp3) is 0.524. The number of phosphoric acid groups is 3. The summed E-state index contributed by atoms with van der Waals surface area (Å²) in [4.78, 5) is 67.1. The molecule has 0 saturated carbocycles. The largest absolute Gasteiger partial charge is 0.756 e. The highest BCUT2D eigenvalue weighted by Gasteiger charge is 2.48. The first-order valence-corrected chi connectivity index (χ1v) is 18.5. The minimum absolute atomic E-state index is 0. The van der Waals surface area contributed by atoms with Crippen LogP contribution in [-0.2, 0) is 47.9 Å². The van der Waals surface area contributed by atoms with Gasteiger partial charge in [0.25, 0.3) is 35.0 Å². The van der Waals surface area contributed by atoms with Crippen LogP contribution in [0.3, 0.4) is 0 Å². The standard InChI is InChI=1S/C21H29N10O17P3.2H3N/c1-29-6-31(17-10(29)18(36)28-21(23)27-17)20-14(35)12(33)8(46-20)3-44-50(39,40)48-51(41,42)47-49(37,38)43-2-7-11(32)13(34)19(45-7)30-5-26-9-15(22)24-4-25-16(9)30;;/h4-8,11-14,19-20,32-35H,2-3H2,1H3,(H7-,22,23,24,25,27,28,36,37,38,39,40,41,42);2*1H3/t7-,8-,11?,12+,13+,14?,19-,20-;;/m1../s1. The van der Waals surface area contributed by atoms with Gasteiger partial charge in [0.15, 0.2) is 24.0 Å². The van der Waals surface area contributed by atoms with Gasteiger partial charge in [-0.1, -0.05) is 4.98 Å². The van der Waals surface area contributed by atoms with Crippen LogP contribution < -0.4 is 48.6 Å². The second kappa shape index (κ2) is 15.4. The van der Waals surface area contributed by atoms with Crippen LogP contribution in [0.1, 0.15) is 12.5 Å². The van der Waals surface area contributed by atoms with Crippen molar-refractivity contribution in [3.05, 3.63) is 29.3 Å². The van der Waals surface area contributed by atoms with E-state index in [1.807, 2.05) is 0 Å². The van der Waals surface area contributed by atoms with Crippen molar-refractivity contribution in [1.82, 2.24) is 46.4 Å². The van der Waals surface area contributed by atoms with Crippen LogP contribution in [0.2, 0.25) is 0 Å². The lowest BCUT2D eigenvalue weighted by Gasteiger charge is -2.34. The molecule has 29 nitrogen and oxygen atoms in total. The Hall–Kier alpha value is -3.41. The van der Waals surface area contributed by atoms with Gasteiger partial charge in [-0.05, 0) is 0 Å². The fourth-order valence-corrected chi connectivity index (χ4v) is 8.72. The average molecular weight is 821 g/mol. The highest BCUT2D eigenvalue weighted by Crippen LogP contribution is 2.63. The van der Waals surface area contributed by atoms with E-state index in [2.05, 4.69) is 42.6 Å². The number of aryl methyl sites for hydroxylation is 1. The first-order valence-electron chi connectivity index (χ1n) is 14.1. The van der Waals surface area contributed by atoms with Crippen LogP contribution >= 0.6 is 23.5 Å². The Bertz CT molecular complexity index is 2170. The predicted molar refractivity (Wildman–Crippen MR) is 166 cm³/mol. The molecule has 4 aromatic rings. The summed E-state index contributed by atoms with van der Waals surface area (Å²) in [6.45, 7) is -2.32. The minimum atomic E-state index is -6.35. The first kappa shape index (κ1) is 42.3. The molecule has 53 heavy (non-hydrogen) atoms. The van der Waals surface area contributed by atoms with Gasteiger partial charge in [0.2, 0.25) is 11.7 Å². The number of hydrogen-bond donors (Lipinski definition) is 9. The average Bonchev–Trinajstić information content (AvgIpc) is 3.74. The number of nitrogens with zero attached hydrogens (tertiary/aromatic N) is 7. The highest BCUT2D eigenvalue weighted by molar-refractivity contribution is 7.65. The summed E-state index contributed by atoms with van der Waals surface area (Å²) in [6.07, 6.45) is -9.81. The molecule has 296 valence electrons. The number of imidazole rings is 2. The number of phosphoric ester groups is 2. The van der Waals surface area contributed by atoms with Crippen LogP contribution in [0.15, 0.2) is 23.8 Å². The van der Waals surface area contributed by atoms with E-state index in [-0.39, 0.29) is 46.4 Å². The Morgan fingerprint density at radius 2 is 1.49 bits per heavy atom. The summed E-state index contributed by atoms with van der Waals surface area (Å²) in [5.41, 5.74) is 10.8. The minimum Gasteiger partial charge on any atom is -0.756 e. The number of quaternary nitrogens is 2.